The van der Waals surface area contributed by atoms with Crippen LogP contribution in [0.15, 0.2) is 23.1 Å². The zero-order valence-corrected chi connectivity index (χ0v) is 11.9. The largest absolute Gasteiger partial charge is 0.481 e. The van der Waals surface area contributed by atoms with Crippen molar-refractivity contribution in [2.45, 2.75) is 24.7 Å². The maximum absolute atomic E-state index is 11.9. The number of carbonyl (C=O) groups is 3. The molecule has 6 heteroatoms. The van der Waals surface area contributed by atoms with Gasteiger partial charge in [-0.2, -0.15) is 0 Å². The number of carbonyl (C=O) groups excluding carboxylic acids is 2. The summed E-state index contributed by atoms with van der Waals surface area (Å²) in [5.74, 6) is -0.702. The first-order chi connectivity index (χ1) is 9.52. The summed E-state index contributed by atoms with van der Waals surface area (Å²) >= 11 is 1.39. The van der Waals surface area contributed by atoms with Gasteiger partial charge in [0.25, 0.3) is 0 Å². The molecule has 5 nitrogen and oxygen atoms in total. The number of hydrogen-bond acceptors (Lipinski definition) is 4. The summed E-state index contributed by atoms with van der Waals surface area (Å²) in [6.07, 6.45) is 0.344. The highest BCUT2D eigenvalue weighted by Crippen LogP contribution is 2.36. The van der Waals surface area contributed by atoms with E-state index < -0.39 is 5.97 Å². The van der Waals surface area contributed by atoms with Crippen LogP contribution in [0.2, 0.25) is 0 Å². The van der Waals surface area contributed by atoms with Crippen LogP contribution in [0.5, 0.6) is 0 Å². The molecule has 0 atom stereocenters. The van der Waals surface area contributed by atoms with Gasteiger partial charge in [0.05, 0.1) is 17.9 Å². The van der Waals surface area contributed by atoms with Crippen molar-refractivity contribution in [2.75, 3.05) is 17.2 Å². The van der Waals surface area contributed by atoms with Crippen LogP contribution in [0, 0.1) is 0 Å². The smallest absolute Gasteiger partial charge is 0.305 e. The van der Waals surface area contributed by atoms with Crippen molar-refractivity contribution >= 4 is 35.1 Å². The molecule has 0 saturated heterocycles. The maximum atomic E-state index is 11.9. The highest BCUT2D eigenvalue weighted by atomic mass is 32.2. The third-order valence-electron chi connectivity index (χ3n) is 3.10. The van der Waals surface area contributed by atoms with Crippen LogP contribution in [-0.4, -0.2) is 35.1 Å². The molecule has 0 radical (unpaired) electrons. The number of carboxylic acids is 1. The molecule has 1 aliphatic rings. The minimum atomic E-state index is -0.935. The molecule has 20 heavy (non-hydrogen) atoms. The van der Waals surface area contributed by atoms with E-state index >= 15 is 0 Å². The number of thioether (sulfide) groups is 1. The Labute approximate surface area is 121 Å². The number of benzene rings is 1. The van der Waals surface area contributed by atoms with E-state index in [9.17, 15) is 14.4 Å². The third-order valence-corrected chi connectivity index (χ3v) is 4.12. The zero-order chi connectivity index (χ0) is 14.7. The normalized spacial score (nSPS) is 14.1. The molecule has 0 aromatic heterocycles. The molecule has 1 heterocycles. The number of carboxylic acid groups (broad SMARTS) is 1. The lowest BCUT2D eigenvalue weighted by Gasteiger charge is -2.28. The van der Waals surface area contributed by atoms with E-state index in [0.717, 1.165) is 4.90 Å². The maximum Gasteiger partial charge on any atom is 0.305 e. The van der Waals surface area contributed by atoms with Crippen LogP contribution < -0.4 is 4.90 Å². The van der Waals surface area contributed by atoms with Gasteiger partial charge in [-0.1, -0.05) is 6.92 Å². The van der Waals surface area contributed by atoms with Crippen LogP contribution in [0.4, 0.5) is 5.69 Å². The Bertz CT molecular complexity index is 570. The quantitative estimate of drug-likeness (QED) is 0.842. The number of hydrogen-bond donors (Lipinski definition) is 1. The number of fused-ring (bicyclic) bond motifs is 1. The van der Waals surface area contributed by atoms with Crippen LogP contribution in [0.1, 0.15) is 30.1 Å². The van der Waals surface area contributed by atoms with Gasteiger partial charge in [0.15, 0.2) is 5.78 Å². The van der Waals surface area contributed by atoms with Gasteiger partial charge in [-0.25, -0.2) is 0 Å². The van der Waals surface area contributed by atoms with E-state index in [-0.39, 0.29) is 30.4 Å². The van der Waals surface area contributed by atoms with Crippen molar-refractivity contribution in [1.29, 1.82) is 0 Å². The van der Waals surface area contributed by atoms with Gasteiger partial charge in [-0.3, -0.25) is 14.4 Å². The average Bonchev–Trinajstić information content (AvgIpc) is 2.44. The predicted molar refractivity (Wildman–Crippen MR) is 76.4 cm³/mol. The first-order valence-corrected chi connectivity index (χ1v) is 7.33. The summed E-state index contributed by atoms with van der Waals surface area (Å²) < 4.78 is 0. The molecule has 0 spiro atoms. The second-order valence-corrected chi connectivity index (χ2v) is 5.45. The molecule has 0 unspecified atom stereocenters. The van der Waals surface area contributed by atoms with Crippen LogP contribution >= 0.6 is 11.8 Å². The van der Waals surface area contributed by atoms with E-state index in [1.165, 1.54) is 16.7 Å². The SMILES string of the molecule is CCC(=O)c1ccc2c(c1)SCC(=O)N2CCC(=O)O. The monoisotopic (exact) mass is 293 g/mol. The molecule has 1 aromatic carbocycles. The average molecular weight is 293 g/mol. The number of ketones is 1. The van der Waals surface area contributed by atoms with Crippen LogP contribution in [0.3, 0.4) is 0 Å². The topological polar surface area (TPSA) is 74.7 Å². The summed E-state index contributed by atoms with van der Waals surface area (Å²) in [6, 6.07) is 5.20. The highest BCUT2D eigenvalue weighted by molar-refractivity contribution is 8.00. The number of rotatable bonds is 5. The summed E-state index contributed by atoms with van der Waals surface area (Å²) in [5, 5.41) is 8.74. The first-order valence-electron chi connectivity index (χ1n) is 6.35. The van der Waals surface area contributed by atoms with Crippen molar-refractivity contribution in [1.82, 2.24) is 0 Å². The minimum absolute atomic E-state index is 0.0578. The lowest BCUT2D eigenvalue weighted by atomic mass is 10.1. The lowest BCUT2D eigenvalue weighted by Crippen LogP contribution is -2.37. The fourth-order valence-corrected chi connectivity index (χ4v) is 3.01. The van der Waals surface area contributed by atoms with E-state index in [4.69, 9.17) is 5.11 Å². The Hall–Kier alpha value is -1.82. The Kier molecular flexibility index (Phi) is 4.44. The van der Waals surface area contributed by atoms with Gasteiger partial charge in [-0.05, 0) is 18.2 Å². The minimum Gasteiger partial charge on any atom is -0.481 e. The molecule has 0 bridgehead atoms. The van der Waals surface area contributed by atoms with E-state index in [1.807, 2.05) is 0 Å². The number of Topliss-reactive ketones (excluding diaryl/α,β-unsaturated/α-hetero) is 1. The molecule has 0 aliphatic carbocycles. The van der Waals surface area contributed by atoms with Gasteiger partial charge >= 0.3 is 5.97 Å². The van der Waals surface area contributed by atoms with Gasteiger partial charge in [0, 0.05) is 23.4 Å². The van der Waals surface area contributed by atoms with Crippen molar-refractivity contribution in [3.63, 3.8) is 0 Å². The van der Waals surface area contributed by atoms with Gasteiger partial charge < -0.3 is 10.0 Å². The summed E-state index contributed by atoms with van der Waals surface area (Å²) in [4.78, 5) is 36.6. The first kappa shape index (κ1) is 14.6. The molecule has 1 amide bonds. The molecule has 1 aromatic rings. The molecular formula is C14H15NO4S. The Morgan fingerprint density at radius 2 is 2.15 bits per heavy atom. The predicted octanol–water partition coefficient (Wildman–Crippen LogP) is 2.19. The summed E-state index contributed by atoms with van der Waals surface area (Å²) in [5.41, 5.74) is 1.33. The molecular weight excluding hydrogens is 278 g/mol. The van der Waals surface area contributed by atoms with Crippen LogP contribution in [0.25, 0.3) is 0 Å². The summed E-state index contributed by atoms with van der Waals surface area (Å²) in [7, 11) is 0. The fourth-order valence-electron chi connectivity index (χ4n) is 2.03. The molecule has 106 valence electrons. The van der Waals surface area contributed by atoms with Gasteiger partial charge in [-0.15, -0.1) is 11.8 Å². The number of aliphatic carboxylic acids is 1. The Balaban J connectivity index is 2.29. The van der Waals surface area contributed by atoms with Gasteiger partial charge in [0.1, 0.15) is 0 Å². The Morgan fingerprint density at radius 1 is 1.40 bits per heavy atom. The van der Waals surface area contributed by atoms with E-state index in [1.54, 1.807) is 25.1 Å². The van der Waals surface area contributed by atoms with Crippen LogP contribution in [-0.2, 0) is 9.59 Å². The molecule has 1 N–H and O–H groups in total. The number of nitrogens with zero attached hydrogens (tertiary/aromatic N) is 1. The van der Waals surface area contributed by atoms with Crippen molar-refractivity contribution < 1.29 is 19.5 Å². The molecule has 0 fully saturated rings. The van der Waals surface area contributed by atoms with E-state index in [0.29, 0.717) is 17.7 Å². The number of anilines is 1. The lowest BCUT2D eigenvalue weighted by molar-refractivity contribution is -0.136. The zero-order valence-electron chi connectivity index (χ0n) is 11.1. The van der Waals surface area contributed by atoms with Crippen molar-refractivity contribution in [3.8, 4) is 0 Å². The second kappa shape index (κ2) is 6.09. The molecule has 1 aliphatic heterocycles. The number of amides is 1. The highest BCUT2D eigenvalue weighted by Gasteiger charge is 2.25. The van der Waals surface area contributed by atoms with Crippen molar-refractivity contribution in [3.05, 3.63) is 23.8 Å². The van der Waals surface area contributed by atoms with Crippen molar-refractivity contribution in [2.24, 2.45) is 0 Å². The third kappa shape index (κ3) is 3.01. The standard InChI is InChI=1S/C14H15NO4S/c1-2-11(16)9-3-4-10-12(7-9)20-8-13(17)15(10)6-5-14(18)19/h3-4,7H,2,5-6,8H2,1H3,(H,18,19). The molecule has 2 rings (SSSR count). The second-order valence-electron chi connectivity index (χ2n) is 4.44. The Morgan fingerprint density at radius 3 is 2.80 bits per heavy atom. The van der Waals surface area contributed by atoms with E-state index in [2.05, 4.69) is 0 Å². The summed E-state index contributed by atoms with van der Waals surface area (Å²) in [6.45, 7) is 1.96. The molecule has 0 saturated carbocycles. The van der Waals surface area contributed by atoms with Gasteiger partial charge in [0.2, 0.25) is 5.91 Å². The fraction of sp³-hybridized carbons (Fsp3) is 0.357.